The van der Waals surface area contributed by atoms with Crippen molar-refractivity contribution >= 4 is 17.5 Å². The van der Waals surface area contributed by atoms with Crippen molar-refractivity contribution < 1.29 is 24.0 Å². The smallest absolute Gasteiger partial charge is 0.311 e. The lowest BCUT2D eigenvalue weighted by atomic mass is 10.0. The minimum Gasteiger partial charge on any atom is -0.490 e. The first-order chi connectivity index (χ1) is 19.3. The van der Waals surface area contributed by atoms with E-state index >= 15 is 0 Å². The van der Waals surface area contributed by atoms with E-state index in [1.807, 2.05) is 61.5 Å². The molecule has 4 rings (SSSR count). The molecule has 2 amide bonds. The summed E-state index contributed by atoms with van der Waals surface area (Å²) in [6, 6.07) is 20.9. The molecule has 1 fully saturated rings. The second-order valence-electron chi connectivity index (χ2n) is 10.1. The van der Waals surface area contributed by atoms with E-state index in [0.29, 0.717) is 6.42 Å². The molecular formula is C31H35N3O6. The Morgan fingerprint density at radius 1 is 1.02 bits per heavy atom. The van der Waals surface area contributed by atoms with Gasteiger partial charge >= 0.3 is 5.69 Å². The summed E-state index contributed by atoms with van der Waals surface area (Å²) in [5.41, 5.74) is 2.69. The van der Waals surface area contributed by atoms with Crippen LogP contribution in [0.15, 0.2) is 72.8 Å². The third-order valence-electron chi connectivity index (χ3n) is 7.12. The lowest BCUT2D eigenvalue weighted by molar-refractivity contribution is -0.385. The van der Waals surface area contributed by atoms with Crippen LogP contribution in [0, 0.1) is 17.0 Å². The number of ether oxygens (including phenoxy) is 2. The number of nitro benzene ring substituents is 1. The van der Waals surface area contributed by atoms with Crippen molar-refractivity contribution in [1.82, 2.24) is 10.2 Å². The topological polar surface area (TPSA) is 111 Å². The normalized spacial score (nSPS) is 13.8. The number of methoxy groups -OCH3 is 1. The van der Waals surface area contributed by atoms with Crippen LogP contribution < -0.4 is 14.8 Å². The first-order valence-corrected chi connectivity index (χ1v) is 13.5. The molecule has 0 spiro atoms. The highest BCUT2D eigenvalue weighted by Gasteiger charge is 2.32. The van der Waals surface area contributed by atoms with Crippen molar-refractivity contribution in [1.29, 1.82) is 0 Å². The summed E-state index contributed by atoms with van der Waals surface area (Å²) in [6.45, 7) is 1.85. The maximum Gasteiger partial charge on any atom is 0.311 e. The Bertz CT molecular complexity index is 1320. The van der Waals surface area contributed by atoms with Gasteiger partial charge in [0.05, 0.1) is 12.0 Å². The summed E-state index contributed by atoms with van der Waals surface area (Å²) in [6.07, 6.45) is 4.36. The molecule has 0 bridgehead atoms. The maximum absolute atomic E-state index is 13.8. The van der Waals surface area contributed by atoms with Crippen LogP contribution in [0.3, 0.4) is 0 Å². The summed E-state index contributed by atoms with van der Waals surface area (Å²) in [7, 11) is 1.33. The van der Waals surface area contributed by atoms with Crippen LogP contribution >= 0.6 is 0 Å². The molecule has 9 heteroatoms. The van der Waals surface area contributed by atoms with Crippen LogP contribution in [0.4, 0.5) is 5.69 Å². The minimum absolute atomic E-state index is 0.0319. The highest BCUT2D eigenvalue weighted by molar-refractivity contribution is 5.88. The molecule has 3 aromatic carbocycles. The number of rotatable bonds is 12. The SMILES string of the molecule is COc1cc(OCC(=O)N(Cc2cccc(C)c2)C(Cc2ccccc2)C(=O)NC2CCCC2)ccc1[N+](=O)[O-]. The first kappa shape index (κ1) is 28.6. The number of nitrogens with one attached hydrogen (secondary N) is 1. The number of nitro groups is 1. The van der Waals surface area contributed by atoms with Gasteiger partial charge in [0, 0.05) is 31.1 Å². The van der Waals surface area contributed by atoms with Gasteiger partial charge in [0.25, 0.3) is 5.91 Å². The lowest BCUT2D eigenvalue weighted by Gasteiger charge is -2.32. The predicted molar refractivity (Wildman–Crippen MR) is 151 cm³/mol. The Morgan fingerprint density at radius 3 is 2.42 bits per heavy atom. The number of carbonyl (C=O) groups excluding carboxylic acids is 2. The van der Waals surface area contributed by atoms with Gasteiger partial charge in [-0.15, -0.1) is 0 Å². The minimum atomic E-state index is -0.758. The fraction of sp³-hybridized carbons (Fsp3) is 0.355. The van der Waals surface area contributed by atoms with E-state index in [1.54, 1.807) is 4.90 Å². The number of hydrogen-bond donors (Lipinski definition) is 1. The molecule has 1 atom stereocenters. The Balaban J connectivity index is 1.61. The molecule has 0 radical (unpaired) electrons. The molecule has 1 saturated carbocycles. The molecule has 9 nitrogen and oxygen atoms in total. The van der Waals surface area contributed by atoms with E-state index in [2.05, 4.69) is 5.32 Å². The Hall–Kier alpha value is -4.40. The van der Waals surface area contributed by atoms with Gasteiger partial charge in [-0.05, 0) is 37.0 Å². The van der Waals surface area contributed by atoms with Gasteiger partial charge in [-0.1, -0.05) is 73.0 Å². The average Bonchev–Trinajstić information content (AvgIpc) is 3.47. The molecular weight excluding hydrogens is 510 g/mol. The summed E-state index contributed by atoms with van der Waals surface area (Å²) in [5.74, 6) is -0.277. The van der Waals surface area contributed by atoms with Crippen LogP contribution in [0.2, 0.25) is 0 Å². The maximum atomic E-state index is 13.8. The number of amides is 2. The summed E-state index contributed by atoms with van der Waals surface area (Å²) >= 11 is 0. The van der Waals surface area contributed by atoms with Crippen molar-refractivity contribution in [3.8, 4) is 11.5 Å². The van der Waals surface area contributed by atoms with Crippen molar-refractivity contribution in [2.75, 3.05) is 13.7 Å². The second-order valence-corrected chi connectivity index (χ2v) is 10.1. The summed E-state index contributed by atoms with van der Waals surface area (Å²) < 4.78 is 10.9. The monoisotopic (exact) mass is 545 g/mol. The van der Waals surface area contributed by atoms with Crippen LogP contribution in [0.5, 0.6) is 11.5 Å². The number of benzene rings is 3. The van der Waals surface area contributed by atoms with Crippen molar-refractivity contribution in [3.05, 3.63) is 99.6 Å². The van der Waals surface area contributed by atoms with Gasteiger partial charge in [-0.3, -0.25) is 19.7 Å². The quantitative estimate of drug-likeness (QED) is 0.254. The fourth-order valence-electron chi connectivity index (χ4n) is 5.06. The third-order valence-corrected chi connectivity index (χ3v) is 7.12. The molecule has 40 heavy (non-hydrogen) atoms. The molecule has 1 aliphatic rings. The average molecular weight is 546 g/mol. The van der Waals surface area contributed by atoms with Crippen molar-refractivity contribution in [3.63, 3.8) is 0 Å². The molecule has 0 aliphatic heterocycles. The van der Waals surface area contributed by atoms with Gasteiger partial charge in [-0.25, -0.2) is 0 Å². The highest BCUT2D eigenvalue weighted by Crippen LogP contribution is 2.31. The Labute approximate surface area is 234 Å². The first-order valence-electron chi connectivity index (χ1n) is 13.5. The van der Waals surface area contributed by atoms with Crippen LogP contribution in [-0.2, 0) is 22.6 Å². The van der Waals surface area contributed by atoms with Gasteiger partial charge in [0.15, 0.2) is 6.61 Å². The van der Waals surface area contributed by atoms with Gasteiger partial charge in [-0.2, -0.15) is 0 Å². The largest absolute Gasteiger partial charge is 0.490 e. The van der Waals surface area contributed by atoms with E-state index in [1.165, 1.54) is 25.3 Å². The number of aryl methyl sites for hydroxylation is 1. The fourth-order valence-corrected chi connectivity index (χ4v) is 5.06. The zero-order valence-corrected chi connectivity index (χ0v) is 22.9. The van der Waals surface area contributed by atoms with Gasteiger partial charge < -0.3 is 19.7 Å². The van der Waals surface area contributed by atoms with Crippen LogP contribution in [0.25, 0.3) is 0 Å². The Morgan fingerprint density at radius 2 is 1.75 bits per heavy atom. The van der Waals surface area contributed by atoms with Gasteiger partial charge in [0.1, 0.15) is 11.8 Å². The molecule has 210 valence electrons. The second kappa shape index (κ2) is 13.6. The summed E-state index contributed by atoms with van der Waals surface area (Å²) in [4.78, 5) is 39.8. The molecule has 1 aliphatic carbocycles. The van der Waals surface area contributed by atoms with E-state index in [9.17, 15) is 19.7 Å². The van der Waals surface area contributed by atoms with Gasteiger partial charge in [0.2, 0.25) is 11.7 Å². The summed E-state index contributed by atoms with van der Waals surface area (Å²) in [5, 5.41) is 14.4. The van der Waals surface area contributed by atoms with E-state index in [4.69, 9.17) is 9.47 Å². The third kappa shape index (κ3) is 7.59. The van der Waals surface area contributed by atoms with Crippen LogP contribution in [0.1, 0.15) is 42.4 Å². The van der Waals surface area contributed by atoms with Crippen molar-refractivity contribution in [2.24, 2.45) is 0 Å². The number of hydrogen-bond acceptors (Lipinski definition) is 6. The zero-order chi connectivity index (χ0) is 28.5. The lowest BCUT2D eigenvalue weighted by Crippen LogP contribution is -2.53. The molecule has 1 unspecified atom stereocenters. The molecule has 3 aromatic rings. The van der Waals surface area contributed by atoms with Crippen LogP contribution in [-0.4, -0.2) is 47.4 Å². The molecule has 0 aromatic heterocycles. The van der Waals surface area contributed by atoms with E-state index in [-0.39, 0.29) is 48.2 Å². The van der Waals surface area contributed by atoms with E-state index < -0.39 is 11.0 Å². The number of carbonyl (C=O) groups is 2. The van der Waals surface area contributed by atoms with E-state index in [0.717, 1.165) is 42.4 Å². The molecule has 1 N–H and O–H groups in total. The molecule has 0 heterocycles. The zero-order valence-electron chi connectivity index (χ0n) is 22.9. The highest BCUT2D eigenvalue weighted by atomic mass is 16.6. The number of nitrogens with zero attached hydrogens (tertiary/aromatic N) is 2. The van der Waals surface area contributed by atoms with Crippen molar-refractivity contribution in [2.45, 2.75) is 57.7 Å². The molecule has 0 saturated heterocycles. The predicted octanol–water partition coefficient (Wildman–Crippen LogP) is 4.99. The standard InChI is InChI=1S/C31H35N3O6/c1-22-9-8-12-24(17-22)20-33(30(35)21-40-26-15-16-27(34(37)38)29(19-26)39-2)28(18-23-10-4-3-5-11-23)31(36)32-25-13-6-7-14-25/h3-5,8-12,15-17,19,25,28H,6-7,13-14,18,20-21H2,1-2H3,(H,32,36). The Kier molecular flexibility index (Phi) is 9.72.